The molecule has 3 rings (SSSR count). The van der Waals surface area contributed by atoms with Gasteiger partial charge in [-0.2, -0.15) is 4.31 Å². The van der Waals surface area contributed by atoms with Gasteiger partial charge in [-0.3, -0.25) is 0 Å². The smallest absolute Gasteiger partial charge is 0.243 e. The highest BCUT2D eigenvalue weighted by Gasteiger charge is 2.39. The lowest BCUT2D eigenvalue weighted by Gasteiger charge is -2.31. The van der Waals surface area contributed by atoms with E-state index in [4.69, 9.17) is 4.74 Å². The molecule has 110 valence electrons. The van der Waals surface area contributed by atoms with Gasteiger partial charge in [0.2, 0.25) is 10.0 Å². The molecule has 2 saturated heterocycles. The first-order valence-electron chi connectivity index (χ1n) is 6.95. The Kier molecular flexibility index (Phi) is 3.66. The Hall–Kier alpha value is -1.18. The van der Waals surface area contributed by atoms with Crippen LogP contribution >= 0.6 is 0 Å². The molecule has 0 spiro atoms. The highest BCUT2D eigenvalue weighted by molar-refractivity contribution is 7.89. The number of nitrogens with zero attached hydrogens (tertiary/aromatic N) is 2. The zero-order chi connectivity index (χ0) is 14.2. The Bertz CT molecular complexity index is 578. The van der Waals surface area contributed by atoms with E-state index < -0.39 is 10.0 Å². The van der Waals surface area contributed by atoms with Crippen LogP contribution in [0.4, 0.5) is 5.82 Å². The SMILES string of the molecule is CCNc1cc(S(=O)(=O)N2CC3CCC(C2)O3)ccn1. The summed E-state index contributed by atoms with van der Waals surface area (Å²) in [6, 6.07) is 3.14. The van der Waals surface area contributed by atoms with Gasteiger partial charge in [0.05, 0.1) is 17.1 Å². The van der Waals surface area contributed by atoms with Gasteiger partial charge in [0.15, 0.2) is 0 Å². The van der Waals surface area contributed by atoms with Crippen LogP contribution in [0.1, 0.15) is 19.8 Å². The number of morpholine rings is 1. The molecule has 2 atom stereocenters. The van der Waals surface area contributed by atoms with E-state index in [-0.39, 0.29) is 12.2 Å². The normalized spacial score (nSPS) is 26.6. The predicted molar refractivity (Wildman–Crippen MR) is 75.1 cm³/mol. The van der Waals surface area contributed by atoms with Crippen LogP contribution in [0.15, 0.2) is 23.2 Å². The number of hydrogen-bond donors (Lipinski definition) is 1. The summed E-state index contributed by atoms with van der Waals surface area (Å²) in [7, 11) is -3.46. The van der Waals surface area contributed by atoms with Gasteiger partial charge in [-0.05, 0) is 25.8 Å². The minimum Gasteiger partial charge on any atom is -0.372 e. The molecule has 3 heterocycles. The van der Waals surface area contributed by atoms with E-state index in [0.717, 1.165) is 12.8 Å². The molecule has 6 nitrogen and oxygen atoms in total. The first-order chi connectivity index (χ1) is 9.59. The molecule has 0 amide bonds. The van der Waals surface area contributed by atoms with Gasteiger partial charge < -0.3 is 10.1 Å². The van der Waals surface area contributed by atoms with Crippen molar-refractivity contribution in [1.29, 1.82) is 0 Å². The Balaban J connectivity index is 1.86. The van der Waals surface area contributed by atoms with Crippen LogP contribution in [0.25, 0.3) is 0 Å². The third kappa shape index (κ3) is 2.53. The molecule has 2 aliphatic rings. The van der Waals surface area contributed by atoms with E-state index in [2.05, 4.69) is 10.3 Å². The van der Waals surface area contributed by atoms with Crippen molar-refractivity contribution in [3.8, 4) is 0 Å². The predicted octanol–water partition coefficient (Wildman–Crippen LogP) is 1.07. The molecule has 2 unspecified atom stereocenters. The summed E-state index contributed by atoms with van der Waals surface area (Å²) in [5, 5.41) is 3.03. The quantitative estimate of drug-likeness (QED) is 0.900. The fourth-order valence-corrected chi connectivity index (χ4v) is 4.29. The summed E-state index contributed by atoms with van der Waals surface area (Å²) in [6.45, 7) is 3.57. The second-order valence-electron chi connectivity index (χ2n) is 5.19. The summed E-state index contributed by atoms with van der Waals surface area (Å²) >= 11 is 0. The minimum atomic E-state index is -3.46. The van der Waals surface area contributed by atoms with Crippen LogP contribution < -0.4 is 5.32 Å². The standard InChI is InChI=1S/C13H19N3O3S/c1-2-14-13-7-12(5-6-15-13)20(17,18)16-8-10-3-4-11(9-16)19-10/h5-7,10-11H,2-4,8-9H2,1H3,(H,14,15). The van der Waals surface area contributed by atoms with Crippen molar-refractivity contribution in [2.24, 2.45) is 0 Å². The van der Waals surface area contributed by atoms with Crippen molar-refractivity contribution in [3.05, 3.63) is 18.3 Å². The molecule has 0 radical (unpaired) electrons. The maximum Gasteiger partial charge on any atom is 0.243 e. The molecule has 20 heavy (non-hydrogen) atoms. The number of sulfonamides is 1. The Morgan fingerprint density at radius 3 is 2.75 bits per heavy atom. The average molecular weight is 297 g/mol. The van der Waals surface area contributed by atoms with Gasteiger partial charge in [-0.15, -0.1) is 0 Å². The van der Waals surface area contributed by atoms with Crippen molar-refractivity contribution in [2.45, 2.75) is 36.9 Å². The third-order valence-electron chi connectivity index (χ3n) is 3.74. The molecule has 1 aromatic heterocycles. The molecule has 2 bridgehead atoms. The van der Waals surface area contributed by atoms with Gasteiger partial charge in [-0.25, -0.2) is 13.4 Å². The lowest BCUT2D eigenvalue weighted by molar-refractivity contribution is -0.0114. The highest BCUT2D eigenvalue weighted by Crippen LogP contribution is 2.30. The molecular formula is C13H19N3O3S. The molecule has 2 fully saturated rings. The second-order valence-corrected chi connectivity index (χ2v) is 7.12. The van der Waals surface area contributed by atoms with E-state index in [1.807, 2.05) is 6.92 Å². The number of anilines is 1. The van der Waals surface area contributed by atoms with E-state index in [1.165, 1.54) is 6.20 Å². The summed E-state index contributed by atoms with van der Waals surface area (Å²) < 4.78 is 32.6. The summed E-state index contributed by atoms with van der Waals surface area (Å²) in [5.41, 5.74) is 0. The topological polar surface area (TPSA) is 71.5 Å². The first kappa shape index (κ1) is 13.8. The Morgan fingerprint density at radius 1 is 1.40 bits per heavy atom. The molecule has 2 aliphatic heterocycles. The molecule has 7 heteroatoms. The number of hydrogen-bond acceptors (Lipinski definition) is 5. The largest absolute Gasteiger partial charge is 0.372 e. The molecule has 0 saturated carbocycles. The van der Waals surface area contributed by atoms with E-state index in [9.17, 15) is 8.42 Å². The molecule has 0 aliphatic carbocycles. The number of rotatable bonds is 4. The maximum absolute atomic E-state index is 12.7. The average Bonchev–Trinajstić information content (AvgIpc) is 2.78. The van der Waals surface area contributed by atoms with E-state index in [1.54, 1.807) is 16.4 Å². The maximum atomic E-state index is 12.7. The fourth-order valence-electron chi connectivity index (χ4n) is 2.77. The van der Waals surface area contributed by atoms with Gasteiger partial charge in [0.25, 0.3) is 0 Å². The number of ether oxygens (including phenoxy) is 1. The molecule has 0 aromatic carbocycles. The van der Waals surface area contributed by atoms with Gasteiger partial charge in [0.1, 0.15) is 5.82 Å². The number of nitrogens with one attached hydrogen (secondary N) is 1. The summed E-state index contributed by atoms with van der Waals surface area (Å²) in [6.07, 6.45) is 3.54. The van der Waals surface area contributed by atoms with E-state index in [0.29, 0.717) is 30.3 Å². The number of fused-ring (bicyclic) bond motifs is 2. The monoisotopic (exact) mass is 297 g/mol. The molecular weight excluding hydrogens is 278 g/mol. The lowest BCUT2D eigenvalue weighted by Crippen LogP contribution is -2.45. The Morgan fingerprint density at radius 2 is 2.10 bits per heavy atom. The van der Waals surface area contributed by atoms with Crippen molar-refractivity contribution in [1.82, 2.24) is 9.29 Å². The van der Waals surface area contributed by atoms with Gasteiger partial charge >= 0.3 is 0 Å². The van der Waals surface area contributed by atoms with Crippen molar-refractivity contribution < 1.29 is 13.2 Å². The summed E-state index contributed by atoms with van der Waals surface area (Å²) in [4.78, 5) is 4.41. The van der Waals surface area contributed by atoms with Crippen LogP contribution in [-0.4, -0.2) is 49.5 Å². The number of aromatic nitrogens is 1. The molecule has 1 N–H and O–H groups in total. The van der Waals surface area contributed by atoms with Crippen molar-refractivity contribution >= 4 is 15.8 Å². The minimum absolute atomic E-state index is 0.0543. The number of pyridine rings is 1. The zero-order valence-corrected chi connectivity index (χ0v) is 12.3. The van der Waals surface area contributed by atoms with Crippen molar-refractivity contribution in [2.75, 3.05) is 25.0 Å². The first-order valence-corrected chi connectivity index (χ1v) is 8.39. The van der Waals surface area contributed by atoms with Crippen LogP contribution in [0.3, 0.4) is 0 Å². The van der Waals surface area contributed by atoms with Crippen molar-refractivity contribution in [3.63, 3.8) is 0 Å². The van der Waals surface area contributed by atoms with Gasteiger partial charge in [-0.1, -0.05) is 0 Å². The third-order valence-corrected chi connectivity index (χ3v) is 5.56. The lowest BCUT2D eigenvalue weighted by atomic mass is 10.2. The van der Waals surface area contributed by atoms with Crippen LogP contribution in [-0.2, 0) is 14.8 Å². The Labute approximate surface area is 119 Å². The molecule has 1 aromatic rings. The highest BCUT2D eigenvalue weighted by atomic mass is 32.2. The van der Waals surface area contributed by atoms with E-state index >= 15 is 0 Å². The summed E-state index contributed by atoms with van der Waals surface area (Å²) in [5.74, 6) is 0.588. The fraction of sp³-hybridized carbons (Fsp3) is 0.615. The van der Waals surface area contributed by atoms with Crippen LogP contribution in [0, 0.1) is 0 Å². The van der Waals surface area contributed by atoms with Gasteiger partial charge in [0, 0.05) is 31.9 Å². The second kappa shape index (κ2) is 5.31. The van der Waals surface area contributed by atoms with Crippen LogP contribution in [0.2, 0.25) is 0 Å². The van der Waals surface area contributed by atoms with Crippen LogP contribution in [0.5, 0.6) is 0 Å². The zero-order valence-electron chi connectivity index (χ0n) is 11.4.